The van der Waals surface area contributed by atoms with Crippen molar-refractivity contribution in [1.82, 2.24) is 19.6 Å². The van der Waals surface area contributed by atoms with E-state index in [1.54, 1.807) is 4.90 Å². The summed E-state index contributed by atoms with van der Waals surface area (Å²) in [6.45, 7) is 8.32. The molecule has 2 amide bonds. The normalized spacial score (nSPS) is 18.9. The van der Waals surface area contributed by atoms with Crippen LogP contribution >= 0.6 is 11.6 Å². The highest BCUT2D eigenvalue weighted by atomic mass is 35.5. The van der Waals surface area contributed by atoms with Crippen molar-refractivity contribution in [3.8, 4) is 0 Å². The number of rotatable bonds is 5. The topological polar surface area (TPSA) is 47.1 Å². The van der Waals surface area contributed by atoms with E-state index in [0.717, 1.165) is 38.8 Å². The molecule has 176 valence electrons. The van der Waals surface area contributed by atoms with E-state index in [9.17, 15) is 14.0 Å². The van der Waals surface area contributed by atoms with E-state index in [2.05, 4.69) is 34.1 Å². The maximum absolute atomic E-state index is 13.3. The van der Waals surface area contributed by atoms with Crippen LogP contribution in [0.25, 0.3) is 0 Å². The molecule has 0 radical (unpaired) electrons. The van der Waals surface area contributed by atoms with E-state index < -0.39 is 5.82 Å². The fraction of sp³-hybridized carbons (Fsp3) is 0.440. The molecule has 0 N–H and O–H groups in total. The Balaban J connectivity index is 1.25. The fourth-order valence-corrected chi connectivity index (χ4v) is 4.78. The zero-order chi connectivity index (χ0) is 23.4. The Bertz CT molecular complexity index is 974. The molecule has 0 bridgehead atoms. The van der Waals surface area contributed by atoms with Gasteiger partial charge in [0.2, 0.25) is 5.91 Å². The van der Waals surface area contributed by atoms with Gasteiger partial charge in [-0.3, -0.25) is 19.4 Å². The van der Waals surface area contributed by atoms with Crippen LogP contribution in [0.4, 0.5) is 4.39 Å². The summed E-state index contributed by atoms with van der Waals surface area (Å²) in [5, 5.41) is 0.123. The van der Waals surface area contributed by atoms with Gasteiger partial charge < -0.3 is 9.80 Å². The highest BCUT2D eigenvalue weighted by molar-refractivity contribution is 6.33. The van der Waals surface area contributed by atoms with E-state index >= 15 is 0 Å². The van der Waals surface area contributed by atoms with Gasteiger partial charge in [-0.25, -0.2) is 4.39 Å². The summed E-state index contributed by atoms with van der Waals surface area (Å²) in [6, 6.07) is 14.0. The molecule has 2 aliphatic rings. The first-order chi connectivity index (χ1) is 15.9. The van der Waals surface area contributed by atoms with Gasteiger partial charge in [0.25, 0.3) is 5.91 Å². The largest absolute Gasteiger partial charge is 0.339 e. The summed E-state index contributed by atoms with van der Waals surface area (Å²) >= 11 is 6.05. The standard InChI is InChI=1S/C25H30ClFN4O2/c1-19(24(32)30-11-9-28(10-12-30)18-20-5-3-2-4-6-20)29-13-15-31(16-14-29)25(33)22-8-7-21(27)17-23(22)26/h2-8,17,19H,9-16,18H2,1H3. The van der Waals surface area contributed by atoms with Gasteiger partial charge in [-0.1, -0.05) is 41.9 Å². The van der Waals surface area contributed by atoms with Crippen LogP contribution in [0.2, 0.25) is 5.02 Å². The molecule has 6 nitrogen and oxygen atoms in total. The lowest BCUT2D eigenvalue weighted by molar-refractivity contribution is -0.138. The second-order valence-corrected chi connectivity index (χ2v) is 9.12. The molecule has 1 unspecified atom stereocenters. The van der Waals surface area contributed by atoms with Crippen molar-refractivity contribution in [3.63, 3.8) is 0 Å². The summed E-state index contributed by atoms with van der Waals surface area (Å²) in [5.74, 6) is -0.515. The average molecular weight is 473 g/mol. The molecule has 0 aromatic heterocycles. The molecular formula is C25H30ClFN4O2. The third-order valence-corrected chi connectivity index (χ3v) is 6.91. The summed E-state index contributed by atoms with van der Waals surface area (Å²) < 4.78 is 13.3. The minimum Gasteiger partial charge on any atom is -0.339 e. The first-order valence-electron chi connectivity index (χ1n) is 11.5. The van der Waals surface area contributed by atoms with Crippen molar-refractivity contribution in [1.29, 1.82) is 0 Å². The van der Waals surface area contributed by atoms with E-state index in [0.29, 0.717) is 31.7 Å². The molecular weight excluding hydrogens is 443 g/mol. The zero-order valence-corrected chi connectivity index (χ0v) is 19.7. The van der Waals surface area contributed by atoms with Crippen molar-refractivity contribution in [2.75, 3.05) is 52.4 Å². The van der Waals surface area contributed by atoms with Crippen molar-refractivity contribution < 1.29 is 14.0 Å². The minimum absolute atomic E-state index is 0.123. The summed E-state index contributed by atoms with van der Waals surface area (Å²) in [5.41, 5.74) is 1.60. The molecule has 4 rings (SSSR count). The van der Waals surface area contributed by atoms with Crippen LogP contribution in [0.15, 0.2) is 48.5 Å². The van der Waals surface area contributed by atoms with Gasteiger partial charge >= 0.3 is 0 Å². The molecule has 0 aliphatic carbocycles. The smallest absolute Gasteiger partial charge is 0.255 e. The molecule has 0 spiro atoms. The summed E-state index contributed by atoms with van der Waals surface area (Å²) in [7, 11) is 0. The number of benzene rings is 2. The van der Waals surface area contributed by atoms with E-state index in [1.807, 2.05) is 17.9 Å². The highest BCUT2D eigenvalue weighted by Crippen LogP contribution is 2.20. The van der Waals surface area contributed by atoms with E-state index in [1.165, 1.54) is 17.7 Å². The second kappa shape index (κ2) is 10.6. The first-order valence-corrected chi connectivity index (χ1v) is 11.8. The summed E-state index contributed by atoms with van der Waals surface area (Å²) in [6.07, 6.45) is 0. The summed E-state index contributed by atoms with van der Waals surface area (Å²) in [4.78, 5) is 34.1. The Morgan fingerprint density at radius 1 is 0.909 bits per heavy atom. The molecule has 0 saturated carbocycles. The number of carbonyl (C=O) groups is 2. The number of hydrogen-bond donors (Lipinski definition) is 0. The Labute approximate surface area is 199 Å². The maximum atomic E-state index is 13.3. The maximum Gasteiger partial charge on any atom is 0.255 e. The number of amides is 2. The van der Waals surface area contributed by atoms with Crippen LogP contribution in [-0.2, 0) is 11.3 Å². The van der Waals surface area contributed by atoms with Crippen molar-refractivity contribution in [2.24, 2.45) is 0 Å². The predicted molar refractivity (Wildman–Crippen MR) is 127 cm³/mol. The van der Waals surface area contributed by atoms with Crippen LogP contribution in [0.3, 0.4) is 0 Å². The predicted octanol–water partition coefficient (Wildman–Crippen LogP) is 2.97. The number of piperazine rings is 2. The molecule has 33 heavy (non-hydrogen) atoms. The van der Waals surface area contributed by atoms with Gasteiger partial charge in [0.1, 0.15) is 5.82 Å². The lowest BCUT2D eigenvalue weighted by Gasteiger charge is -2.41. The van der Waals surface area contributed by atoms with Gasteiger partial charge in [-0.2, -0.15) is 0 Å². The number of halogens is 2. The molecule has 2 aromatic rings. The van der Waals surface area contributed by atoms with Gasteiger partial charge in [-0.15, -0.1) is 0 Å². The number of hydrogen-bond acceptors (Lipinski definition) is 4. The first kappa shape index (κ1) is 23.7. The molecule has 2 aliphatic heterocycles. The van der Waals surface area contributed by atoms with Crippen molar-refractivity contribution in [3.05, 3.63) is 70.5 Å². The van der Waals surface area contributed by atoms with Gasteiger partial charge in [0, 0.05) is 58.9 Å². The van der Waals surface area contributed by atoms with Crippen LogP contribution < -0.4 is 0 Å². The number of carbonyl (C=O) groups excluding carboxylic acids is 2. The van der Waals surface area contributed by atoms with Gasteiger partial charge in [-0.05, 0) is 30.7 Å². The third-order valence-electron chi connectivity index (χ3n) is 6.60. The Hall–Kier alpha value is -2.48. The van der Waals surface area contributed by atoms with Crippen LogP contribution in [-0.4, -0.2) is 89.8 Å². The van der Waals surface area contributed by atoms with Gasteiger partial charge in [0.05, 0.1) is 16.6 Å². The molecule has 2 saturated heterocycles. The molecule has 2 heterocycles. The molecule has 8 heteroatoms. The molecule has 2 fully saturated rings. The van der Waals surface area contributed by atoms with Gasteiger partial charge in [0.15, 0.2) is 0 Å². The lowest BCUT2D eigenvalue weighted by atomic mass is 10.1. The fourth-order valence-electron chi connectivity index (χ4n) is 4.53. The third kappa shape index (κ3) is 5.72. The van der Waals surface area contributed by atoms with Crippen LogP contribution in [0.5, 0.6) is 0 Å². The van der Waals surface area contributed by atoms with Crippen molar-refractivity contribution in [2.45, 2.75) is 19.5 Å². The Morgan fingerprint density at radius 3 is 2.18 bits per heavy atom. The van der Waals surface area contributed by atoms with Crippen LogP contribution in [0.1, 0.15) is 22.8 Å². The average Bonchev–Trinajstić information content (AvgIpc) is 2.84. The Morgan fingerprint density at radius 2 is 1.55 bits per heavy atom. The van der Waals surface area contributed by atoms with Crippen LogP contribution in [0, 0.1) is 5.82 Å². The van der Waals surface area contributed by atoms with E-state index in [-0.39, 0.29) is 22.9 Å². The zero-order valence-electron chi connectivity index (χ0n) is 18.9. The monoisotopic (exact) mass is 472 g/mol. The molecule has 2 aromatic carbocycles. The lowest BCUT2D eigenvalue weighted by Crippen LogP contribution is -2.57. The SMILES string of the molecule is CC(C(=O)N1CCN(Cc2ccccc2)CC1)N1CCN(C(=O)c2ccc(F)cc2Cl)CC1. The molecule has 1 atom stereocenters. The quantitative estimate of drug-likeness (QED) is 0.671. The van der Waals surface area contributed by atoms with Crippen molar-refractivity contribution >= 4 is 23.4 Å². The Kier molecular flexibility index (Phi) is 7.63. The second-order valence-electron chi connectivity index (χ2n) is 8.72. The number of nitrogens with zero attached hydrogens (tertiary/aromatic N) is 4. The van der Waals surface area contributed by atoms with E-state index in [4.69, 9.17) is 11.6 Å². The highest BCUT2D eigenvalue weighted by Gasteiger charge is 2.32. The minimum atomic E-state index is -0.463.